The molecule has 1 aromatic carbocycles. The van der Waals surface area contributed by atoms with Crippen molar-refractivity contribution in [2.75, 3.05) is 7.05 Å². The van der Waals surface area contributed by atoms with Gasteiger partial charge in [-0.25, -0.2) is 4.99 Å². The Labute approximate surface area is 69.7 Å². The van der Waals surface area contributed by atoms with E-state index in [1.165, 1.54) is 4.90 Å². The van der Waals surface area contributed by atoms with Gasteiger partial charge in [-0.15, -0.1) is 0 Å². The van der Waals surface area contributed by atoms with Crippen LogP contribution in [0.1, 0.15) is 0 Å². The lowest BCUT2D eigenvalue weighted by molar-refractivity contribution is 0.177. The molecule has 0 saturated carbocycles. The van der Waals surface area contributed by atoms with Gasteiger partial charge in [0, 0.05) is 18.5 Å². The van der Waals surface area contributed by atoms with Crippen LogP contribution in [0, 0.1) is 0 Å². The summed E-state index contributed by atoms with van der Waals surface area (Å²) in [5, 5.41) is 1.69. The summed E-state index contributed by atoms with van der Waals surface area (Å²) in [4.78, 5) is 5.30. The lowest BCUT2D eigenvalue weighted by atomic mass is 10.3. The SMILES string of the molecule is CN1C=c2ccccc2=NC1F. The summed E-state index contributed by atoms with van der Waals surface area (Å²) in [6.45, 7) is 0. The second kappa shape index (κ2) is 2.59. The standard InChI is InChI=1S/C9H9FN2/c1-12-6-7-4-2-3-5-8(7)11-9(12)10/h2-6,9H,1H3. The maximum atomic E-state index is 13.0. The van der Waals surface area contributed by atoms with E-state index in [2.05, 4.69) is 4.99 Å². The van der Waals surface area contributed by atoms with Crippen LogP contribution in [-0.2, 0) is 0 Å². The Bertz CT molecular complexity index is 360. The first-order valence-electron chi connectivity index (χ1n) is 3.78. The van der Waals surface area contributed by atoms with Crippen LogP contribution in [0.3, 0.4) is 0 Å². The fraction of sp³-hybridized carbons (Fsp3) is 0.222. The Morgan fingerprint density at radius 2 is 2.17 bits per heavy atom. The van der Waals surface area contributed by atoms with Crippen molar-refractivity contribution < 1.29 is 4.39 Å². The molecule has 2 rings (SSSR count). The van der Waals surface area contributed by atoms with Gasteiger partial charge in [0.15, 0.2) is 0 Å². The number of hydrogen-bond acceptors (Lipinski definition) is 2. The van der Waals surface area contributed by atoms with Crippen molar-refractivity contribution in [3.8, 4) is 0 Å². The van der Waals surface area contributed by atoms with Gasteiger partial charge >= 0.3 is 0 Å². The van der Waals surface area contributed by atoms with Crippen LogP contribution in [-0.4, -0.2) is 18.4 Å². The summed E-state index contributed by atoms with van der Waals surface area (Å²) >= 11 is 0. The molecule has 62 valence electrons. The van der Waals surface area contributed by atoms with Crippen LogP contribution in [0.2, 0.25) is 0 Å². The number of benzene rings is 1. The van der Waals surface area contributed by atoms with E-state index in [9.17, 15) is 4.39 Å². The molecule has 0 radical (unpaired) electrons. The minimum Gasteiger partial charge on any atom is -0.333 e. The van der Waals surface area contributed by atoms with Crippen molar-refractivity contribution in [3.63, 3.8) is 0 Å². The quantitative estimate of drug-likeness (QED) is 0.502. The molecule has 0 saturated heterocycles. The molecule has 1 unspecified atom stereocenters. The molecule has 0 spiro atoms. The lowest BCUT2D eigenvalue weighted by Gasteiger charge is -2.18. The maximum Gasteiger partial charge on any atom is 0.266 e. The molecule has 1 aliphatic heterocycles. The van der Waals surface area contributed by atoms with Crippen molar-refractivity contribution in [2.45, 2.75) is 6.42 Å². The van der Waals surface area contributed by atoms with Gasteiger partial charge in [0.1, 0.15) is 0 Å². The molecule has 0 fully saturated rings. The molecule has 1 heterocycles. The normalized spacial score (nSPS) is 20.8. The molecule has 0 amide bonds. The highest BCUT2D eigenvalue weighted by Crippen LogP contribution is 2.00. The predicted molar refractivity (Wildman–Crippen MR) is 44.3 cm³/mol. The van der Waals surface area contributed by atoms with Crippen molar-refractivity contribution in [1.82, 2.24) is 4.90 Å². The van der Waals surface area contributed by atoms with E-state index in [-0.39, 0.29) is 0 Å². The number of halogens is 1. The predicted octanol–water partition coefficient (Wildman–Crippen LogP) is 0.243. The van der Waals surface area contributed by atoms with Gasteiger partial charge in [-0.2, -0.15) is 4.39 Å². The molecule has 12 heavy (non-hydrogen) atoms. The third-order valence-corrected chi connectivity index (χ3v) is 1.86. The number of rotatable bonds is 0. The van der Waals surface area contributed by atoms with Gasteiger partial charge in [0.05, 0.1) is 5.36 Å². The minimum atomic E-state index is -1.24. The number of alkyl halides is 1. The Morgan fingerprint density at radius 3 is 3.00 bits per heavy atom. The van der Waals surface area contributed by atoms with Crippen LogP contribution in [0.25, 0.3) is 6.20 Å². The van der Waals surface area contributed by atoms with E-state index in [4.69, 9.17) is 0 Å². The highest BCUT2D eigenvalue weighted by Gasteiger charge is 2.09. The maximum absolute atomic E-state index is 13.0. The average molecular weight is 164 g/mol. The summed E-state index contributed by atoms with van der Waals surface area (Å²) in [6.07, 6.45) is 0.521. The molecule has 0 aromatic heterocycles. The fourth-order valence-electron chi connectivity index (χ4n) is 1.20. The second-order valence-corrected chi connectivity index (χ2v) is 2.79. The van der Waals surface area contributed by atoms with Crippen LogP contribution < -0.4 is 10.6 Å². The van der Waals surface area contributed by atoms with Crippen molar-refractivity contribution >= 4 is 6.20 Å². The number of para-hydroxylation sites is 1. The summed E-state index contributed by atoms with van der Waals surface area (Å²) in [5.41, 5.74) is 0. The first kappa shape index (κ1) is 7.28. The van der Waals surface area contributed by atoms with E-state index in [0.29, 0.717) is 0 Å². The Morgan fingerprint density at radius 1 is 1.42 bits per heavy atom. The zero-order chi connectivity index (χ0) is 8.55. The van der Waals surface area contributed by atoms with Gasteiger partial charge in [-0.05, 0) is 6.07 Å². The van der Waals surface area contributed by atoms with Gasteiger partial charge in [-0.3, -0.25) is 0 Å². The fourth-order valence-corrected chi connectivity index (χ4v) is 1.20. The summed E-state index contributed by atoms with van der Waals surface area (Å²) < 4.78 is 13.0. The third-order valence-electron chi connectivity index (χ3n) is 1.86. The zero-order valence-electron chi connectivity index (χ0n) is 6.74. The van der Waals surface area contributed by atoms with Gasteiger partial charge in [0.2, 0.25) is 0 Å². The monoisotopic (exact) mass is 164 g/mol. The van der Waals surface area contributed by atoms with E-state index in [0.717, 1.165) is 10.6 Å². The van der Waals surface area contributed by atoms with E-state index >= 15 is 0 Å². The van der Waals surface area contributed by atoms with E-state index in [1.807, 2.05) is 24.3 Å². The van der Waals surface area contributed by atoms with E-state index in [1.54, 1.807) is 13.2 Å². The Kier molecular flexibility index (Phi) is 1.57. The molecule has 0 aliphatic carbocycles. The smallest absolute Gasteiger partial charge is 0.266 e. The van der Waals surface area contributed by atoms with Crippen LogP contribution >= 0.6 is 0 Å². The highest BCUT2D eigenvalue weighted by atomic mass is 19.1. The number of fused-ring (bicyclic) bond motifs is 1. The van der Waals surface area contributed by atoms with Crippen LogP contribution in [0.5, 0.6) is 0 Å². The number of hydrogen-bond donors (Lipinski definition) is 0. The molecule has 1 atom stereocenters. The van der Waals surface area contributed by atoms with Crippen molar-refractivity contribution in [2.24, 2.45) is 4.99 Å². The topological polar surface area (TPSA) is 15.6 Å². The third kappa shape index (κ3) is 1.07. The lowest BCUT2D eigenvalue weighted by Crippen LogP contribution is -2.37. The highest BCUT2D eigenvalue weighted by molar-refractivity contribution is 5.23. The van der Waals surface area contributed by atoms with Crippen molar-refractivity contribution in [3.05, 3.63) is 34.8 Å². The summed E-state index contributed by atoms with van der Waals surface area (Å²) in [5.74, 6) is 0. The molecule has 0 N–H and O–H groups in total. The molecular formula is C9H9FN2. The minimum absolute atomic E-state index is 0.725. The molecule has 0 bridgehead atoms. The zero-order valence-corrected chi connectivity index (χ0v) is 6.74. The molecule has 1 aliphatic rings. The van der Waals surface area contributed by atoms with Gasteiger partial charge < -0.3 is 4.90 Å². The summed E-state index contributed by atoms with van der Waals surface area (Å²) in [7, 11) is 1.67. The molecule has 3 heteroatoms. The molecular weight excluding hydrogens is 155 g/mol. The Hall–Kier alpha value is -1.38. The van der Waals surface area contributed by atoms with Gasteiger partial charge in [0.25, 0.3) is 6.42 Å². The summed E-state index contributed by atoms with van der Waals surface area (Å²) in [6, 6.07) is 7.50. The van der Waals surface area contributed by atoms with Gasteiger partial charge in [-0.1, -0.05) is 18.2 Å². The first-order valence-corrected chi connectivity index (χ1v) is 3.78. The first-order chi connectivity index (χ1) is 5.77. The Balaban J connectivity index is 2.70. The van der Waals surface area contributed by atoms with Crippen LogP contribution in [0.4, 0.5) is 4.39 Å². The van der Waals surface area contributed by atoms with Crippen molar-refractivity contribution in [1.29, 1.82) is 0 Å². The second-order valence-electron chi connectivity index (χ2n) is 2.79. The number of nitrogens with zero attached hydrogens (tertiary/aromatic N) is 2. The molecule has 1 aromatic rings. The molecule has 2 nitrogen and oxygen atoms in total. The van der Waals surface area contributed by atoms with Crippen LogP contribution in [0.15, 0.2) is 29.3 Å². The average Bonchev–Trinajstić information content (AvgIpc) is 2.07. The van der Waals surface area contributed by atoms with E-state index < -0.39 is 6.42 Å². The largest absolute Gasteiger partial charge is 0.333 e.